The number of hydrogen-bond donors (Lipinski definition) is 1. The normalized spacial score (nSPS) is 20.9. The molecule has 0 spiro atoms. The van der Waals surface area contributed by atoms with Crippen molar-refractivity contribution >= 4 is 18.0 Å². The lowest BCUT2D eigenvalue weighted by atomic mass is 9.75. The molecule has 2 aromatic carbocycles. The first-order valence-electron chi connectivity index (χ1n) is 12.2. The monoisotopic (exact) mass is 462 g/mol. The summed E-state index contributed by atoms with van der Waals surface area (Å²) in [7, 11) is 0. The van der Waals surface area contributed by atoms with Crippen LogP contribution in [0.5, 0.6) is 5.75 Å². The minimum Gasteiger partial charge on any atom is -0.493 e. The average molecular weight is 463 g/mol. The number of nitrogens with zero attached hydrogens (tertiary/aromatic N) is 1. The number of nitrogens with two attached hydrogens (primary N) is 1. The first-order chi connectivity index (χ1) is 16.5. The minimum absolute atomic E-state index is 0.110. The lowest BCUT2D eigenvalue weighted by molar-refractivity contribution is -0.161. The van der Waals surface area contributed by atoms with Gasteiger partial charge in [-0.2, -0.15) is 0 Å². The third-order valence-electron chi connectivity index (χ3n) is 6.74. The minimum atomic E-state index is -0.751. The standard InChI is InChI=1S/C28H34N2O4/c1-2-33-27(32)28(19-21-9-4-3-5-10-21)14-8-15-30(20-28)26(31)24(29)18-22-13-16-34-25-12-7-6-11-23(25)17-22/h3-7,9-12,17,24H,2,8,13-16,18-20,29H2,1H3/t24-,28?/m1/s1. The number of esters is 1. The van der Waals surface area contributed by atoms with Crippen molar-refractivity contribution < 1.29 is 19.1 Å². The van der Waals surface area contributed by atoms with E-state index in [1.54, 1.807) is 4.90 Å². The van der Waals surface area contributed by atoms with Crippen molar-refractivity contribution in [1.82, 2.24) is 4.90 Å². The molecular formula is C28H34N2O4. The molecule has 2 atom stereocenters. The van der Waals surface area contributed by atoms with Crippen LogP contribution < -0.4 is 10.5 Å². The van der Waals surface area contributed by atoms with Crippen LogP contribution in [0.2, 0.25) is 0 Å². The zero-order chi connectivity index (χ0) is 24.0. The number of carbonyl (C=O) groups is 2. The molecule has 0 radical (unpaired) electrons. The number of ether oxygens (including phenoxy) is 2. The Bertz CT molecular complexity index is 1040. The van der Waals surface area contributed by atoms with Crippen LogP contribution in [0.25, 0.3) is 6.08 Å². The number of amides is 1. The molecule has 6 heteroatoms. The number of rotatable bonds is 7. The fourth-order valence-corrected chi connectivity index (χ4v) is 5.05. The van der Waals surface area contributed by atoms with Crippen LogP contribution in [0.15, 0.2) is 60.2 Å². The van der Waals surface area contributed by atoms with Gasteiger partial charge in [0.05, 0.1) is 24.7 Å². The molecule has 1 amide bonds. The summed E-state index contributed by atoms with van der Waals surface area (Å²) in [6, 6.07) is 17.2. The van der Waals surface area contributed by atoms with Gasteiger partial charge in [-0.3, -0.25) is 9.59 Å². The molecular weight excluding hydrogens is 428 g/mol. The molecule has 2 aromatic rings. The maximum absolute atomic E-state index is 13.4. The molecule has 1 saturated heterocycles. The molecule has 34 heavy (non-hydrogen) atoms. The zero-order valence-electron chi connectivity index (χ0n) is 19.9. The number of hydrogen-bond acceptors (Lipinski definition) is 5. The van der Waals surface area contributed by atoms with Crippen LogP contribution in [-0.4, -0.2) is 49.1 Å². The molecule has 2 N–H and O–H groups in total. The van der Waals surface area contributed by atoms with E-state index in [0.717, 1.165) is 35.3 Å². The molecule has 4 rings (SSSR count). The summed E-state index contributed by atoms with van der Waals surface area (Å²) in [6.45, 7) is 3.64. The molecule has 1 fully saturated rings. The Hall–Kier alpha value is -3.12. The van der Waals surface area contributed by atoms with Crippen LogP contribution in [0.4, 0.5) is 0 Å². The Labute approximate surface area is 201 Å². The first-order valence-corrected chi connectivity index (χ1v) is 12.2. The summed E-state index contributed by atoms with van der Waals surface area (Å²) in [5.74, 6) is 0.513. The van der Waals surface area contributed by atoms with E-state index in [1.807, 2.05) is 61.5 Å². The number of benzene rings is 2. The maximum atomic E-state index is 13.4. The van der Waals surface area contributed by atoms with E-state index >= 15 is 0 Å². The number of fused-ring (bicyclic) bond motifs is 1. The molecule has 180 valence electrons. The Kier molecular flexibility index (Phi) is 7.68. The largest absolute Gasteiger partial charge is 0.493 e. The van der Waals surface area contributed by atoms with Crippen LogP contribution >= 0.6 is 0 Å². The van der Waals surface area contributed by atoms with Gasteiger partial charge in [-0.25, -0.2) is 0 Å². The van der Waals surface area contributed by atoms with E-state index in [1.165, 1.54) is 0 Å². The van der Waals surface area contributed by atoms with E-state index in [0.29, 0.717) is 45.6 Å². The summed E-state index contributed by atoms with van der Waals surface area (Å²) in [5, 5.41) is 0. The second kappa shape index (κ2) is 10.9. The van der Waals surface area contributed by atoms with Gasteiger partial charge in [0, 0.05) is 25.1 Å². The highest BCUT2D eigenvalue weighted by Crippen LogP contribution is 2.36. The predicted molar refractivity (Wildman–Crippen MR) is 132 cm³/mol. The van der Waals surface area contributed by atoms with Crippen molar-refractivity contribution in [3.8, 4) is 5.75 Å². The second-order valence-corrected chi connectivity index (χ2v) is 9.28. The van der Waals surface area contributed by atoms with Gasteiger partial charge in [0.2, 0.25) is 5.91 Å². The Morgan fingerprint density at radius 2 is 1.91 bits per heavy atom. The van der Waals surface area contributed by atoms with Crippen LogP contribution in [0, 0.1) is 5.41 Å². The lowest BCUT2D eigenvalue weighted by Crippen LogP contribution is -2.55. The Balaban J connectivity index is 1.49. The smallest absolute Gasteiger partial charge is 0.314 e. The summed E-state index contributed by atoms with van der Waals surface area (Å²) in [5.41, 5.74) is 8.86. The highest BCUT2D eigenvalue weighted by molar-refractivity contribution is 5.84. The van der Waals surface area contributed by atoms with Gasteiger partial charge in [-0.05, 0) is 44.2 Å². The van der Waals surface area contributed by atoms with Crippen molar-refractivity contribution in [1.29, 1.82) is 0 Å². The second-order valence-electron chi connectivity index (χ2n) is 9.28. The Morgan fingerprint density at radius 3 is 2.71 bits per heavy atom. The number of likely N-dealkylation sites (tertiary alicyclic amines) is 1. The number of para-hydroxylation sites is 1. The summed E-state index contributed by atoms with van der Waals surface area (Å²) in [6.07, 6.45) is 5.27. The lowest BCUT2D eigenvalue weighted by Gasteiger charge is -2.42. The van der Waals surface area contributed by atoms with Crippen molar-refractivity contribution in [3.05, 3.63) is 71.3 Å². The zero-order valence-corrected chi connectivity index (χ0v) is 19.9. The fraction of sp³-hybridized carbons (Fsp3) is 0.429. The first kappa shape index (κ1) is 24.0. The molecule has 0 aliphatic carbocycles. The molecule has 0 saturated carbocycles. The van der Waals surface area contributed by atoms with E-state index in [4.69, 9.17) is 15.2 Å². The van der Waals surface area contributed by atoms with Gasteiger partial charge in [0.25, 0.3) is 0 Å². The molecule has 2 aliphatic rings. The van der Waals surface area contributed by atoms with Gasteiger partial charge in [0.1, 0.15) is 5.75 Å². The highest BCUT2D eigenvalue weighted by Gasteiger charge is 2.45. The summed E-state index contributed by atoms with van der Waals surface area (Å²) >= 11 is 0. The van der Waals surface area contributed by atoms with Crippen molar-refractivity contribution in [2.24, 2.45) is 11.1 Å². The summed E-state index contributed by atoms with van der Waals surface area (Å²) < 4.78 is 11.3. The van der Waals surface area contributed by atoms with Crippen LogP contribution in [0.1, 0.15) is 43.7 Å². The van der Waals surface area contributed by atoms with Crippen molar-refractivity contribution in [2.45, 2.75) is 45.1 Å². The van der Waals surface area contributed by atoms with Gasteiger partial charge in [0.15, 0.2) is 0 Å². The third kappa shape index (κ3) is 5.50. The van der Waals surface area contributed by atoms with Crippen LogP contribution in [-0.2, 0) is 20.7 Å². The quantitative estimate of drug-likeness (QED) is 0.630. The molecule has 0 aromatic heterocycles. The van der Waals surface area contributed by atoms with E-state index in [2.05, 4.69) is 6.08 Å². The fourth-order valence-electron chi connectivity index (χ4n) is 5.05. The topological polar surface area (TPSA) is 81.9 Å². The maximum Gasteiger partial charge on any atom is 0.314 e. The number of piperidine rings is 1. The summed E-state index contributed by atoms with van der Waals surface area (Å²) in [4.78, 5) is 28.3. The average Bonchev–Trinajstić information content (AvgIpc) is 3.06. The van der Waals surface area contributed by atoms with Gasteiger partial charge in [-0.1, -0.05) is 60.2 Å². The van der Waals surface area contributed by atoms with Gasteiger partial charge < -0.3 is 20.1 Å². The van der Waals surface area contributed by atoms with E-state index in [9.17, 15) is 9.59 Å². The number of carbonyl (C=O) groups excluding carboxylic acids is 2. The van der Waals surface area contributed by atoms with Crippen molar-refractivity contribution in [3.63, 3.8) is 0 Å². The SMILES string of the molecule is CCOC(=O)C1(Cc2ccccc2)CCCN(C(=O)[C@H](N)CC2=Cc3ccccc3OCC2)C1. The molecule has 2 heterocycles. The Morgan fingerprint density at radius 1 is 1.15 bits per heavy atom. The van der Waals surface area contributed by atoms with Crippen molar-refractivity contribution in [2.75, 3.05) is 26.3 Å². The predicted octanol–water partition coefficient (Wildman–Crippen LogP) is 3.98. The van der Waals surface area contributed by atoms with Gasteiger partial charge >= 0.3 is 5.97 Å². The van der Waals surface area contributed by atoms with Gasteiger partial charge in [-0.15, -0.1) is 0 Å². The molecule has 1 unspecified atom stereocenters. The third-order valence-corrected chi connectivity index (χ3v) is 6.74. The van der Waals surface area contributed by atoms with E-state index in [-0.39, 0.29) is 11.9 Å². The molecule has 0 bridgehead atoms. The molecule has 6 nitrogen and oxygen atoms in total. The van der Waals surface area contributed by atoms with Crippen LogP contribution in [0.3, 0.4) is 0 Å². The van der Waals surface area contributed by atoms with E-state index < -0.39 is 11.5 Å². The molecule has 2 aliphatic heterocycles. The highest BCUT2D eigenvalue weighted by atomic mass is 16.5.